The van der Waals surface area contributed by atoms with Gasteiger partial charge in [0.2, 0.25) is 5.91 Å². The number of aromatic nitrogens is 1. The first-order chi connectivity index (χ1) is 11.4. The molecule has 1 unspecified atom stereocenters. The number of carbonyl (C=O) groups excluding carboxylic acids is 1. The maximum atomic E-state index is 12.2. The second-order valence-corrected chi connectivity index (χ2v) is 6.63. The fourth-order valence-electron chi connectivity index (χ4n) is 2.54. The molecule has 0 saturated carbocycles. The highest BCUT2D eigenvalue weighted by Gasteiger charge is 2.28. The van der Waals surface area contributed by atoms with Gasteiger partial charge in [0.1, 0.15) is 5.75 Å². The summed E-state index contributed by atoms with van der Waals surface area (Å²) in [6.07, 6.45) is -1.95. The Morgan fingerprint density at radius 1 is 1.44 bits per heavy atom. The van der Waals surface area contributed by atoms with Crippen LogP contribution in [0.2, 0.25) is 0 Å². The smallest absolute Gasteiger partial charge is 0.422 e. The third-order valence-electron chi connectivity index (χ3n) is 3.60. The monoisotopic (exact) mass is 395 g/mol. The molecule has 138 valence electrons. The fraction of sp³-hybridized carbons (Fsp3) is 0.467. The zero-order chi connectivity index (χ0) is 17.2. The first-order valence-corrected chi connectivity index (χ1v) is 8.34. The van der Waals surface area contributed by atoms with Gasteiger partial charge < -0.3 is 15.4 Å². The molecule has 0 spiro atoms. The van der Waals surface area contributed by atoms with E-state index in [0.717, 1.165) is 19.4 Å². The number of anilines is 1. The number of amides is 1. The quantitative estimate of drug-likeness (QED) is 0.809. The molecule has 3 rings (SSSR count). The number of alkyl halides is 3. The summed E-state index contributed by atoms with van der Waals surface area (Å²) in [5.74, 6) is -0.00138. The van der Waals surface area contributed by atoms with Crippen LogP contribution in [0.3, 0.4) is 0 Å². The first-order valence-electron chi connectivity index (χ1n) is 7.52. The third kappa shape index (κ3) is 5.72. The van der Waals surface area contributed by atoms with E-state index in [1.165, 1.54) is 23.5 Å². The van der Waals surface area contributed by atoms with Crippen molar-refractivity contribution < 1.29 is 22.7 Å². The molecule has 2 heterocycles. The molecule has 10 heteroatoms. The minimum absolute atomic E-state index is 0. The Labute approximate surface area is 152 Å². The average molecular weight is 396 g/mol. The number of hydrogen-bond acceptors (Lipinski definition) is 5. The van der Waals surface area contributed by atoms with Gasteiger partial charge in [0.15, 0.2) is 11.7 Å². The zero-order valence-corrected chi connectivity index (χ0v) is 14.7. The van der Waals surface area contributed by atoms with Crippen LogP contribution in [-0.2, 0) is 4.79 Å². The molecular weight excluding hydrogens is 379 g/mol. The molecule has 1 saturated heterocycles. The second-order valence-electron chi connectivity index (χ2n) is 5.60. The molecule has 1 fully saturated rings. The van der Waals surface area contributed by atoms with E-state index in [1.807, 2.05) is 0 Å². The van der Waals surface area contributed by atoms with Crippen LogP contribution < -0.4 is 15.4 Å². The van der Waals surface area contributed by atoms with Crippen LogP contribution in [-0.4, -0.2) is 36.3 Å². The molecule has 1 aliphatic rings. The van der Waals surface area contributed by atoms with E-state index in [0.29, 0.717) is 21.8 Å². The van der Waals surface area contributed by atoms with Gasteiger partial charge in [-0.05, 0) is 37.6 Å². The maximum Gasteiger partial charge on any atom is 0.422 e. The normalized spacial score (nSPS) is 17.3. The van der Waals surface area contributed by atoms with E-state index in [9.17, 15) is 18.0 Å². The highest BCUT2D eigenvalue weighted by molar-refractivity contribution is 7.22. The first kappa shape index (κ1) is 19.7. The molecule has 0 radical (unpaired) electrons. The molecule has 1 aliphatic heterocycles. The Morgan fingerprint density at radius 2 is 2.24 bits per heavy atom. The Hall–Kier alpha value is -1.58. The molecule has 2 N–H and O–H groups in total. The van der Waals surface area contributed by atoms with Crippen molar-refractivity contribution in [2.75, 3.05) is 18.5 Å². The highest BCUT2D eigenvalue weighted by Crippen LogP contribution is 2.30. The summed E-state index contributed by atoms with van der Waals surface area (Å²) in [6, 6.07) is 4.70. The second kappa shape index (κ2) is 8.20. The SMILES string of the molecule is Cl.O=C(CC1CCCN1)Nc1nc2ccc(OCC(F)(F)F)cc2s1. The lowest BCUT2D eigenvalue weighted by Crippen LogP contribution is -2.27. The summed E-state index contributed by atoms with van der Waals surface area (Å²) in [7, 11) is 0. The molecule has 1 amide bonds. The number of fused-ring (bicyclic) bond motifs is 1. The lowest BCUT2D eigenvalue weighted by Gasteiger charge is -2.08. The van der Waals surface area contributed by atoms with Gasteiger partial charge in [-0.2, -0.15) is 13.2 Å². The number of rotatable bonds is 5. The number of carbonyl (C=O) groups is 1. The molecule has 1 aromatic carbocycles. The van der Waals surface area contributed by atoms with Crippen LogP contribution in [0.1, 0.15) is 19.3 Å². The molecule has 0 aliphatic carbocycles. The van der Waals surface area contributed by atoms with E-state index in [2.05, 4.69) is 15.6 Å². The molecule has 0 bridgehead atoms. The van der Waals surface area contributed by atoms with E-state index in [-0.39, 0.29) is 30.1 Å². The van der Waals surface area contributed by atoms with Gasteiger partial charge in [0, 0.05) is 12.5 Å². The molecule has 1 atom stereocenters. The molecule has 25 heavy (non-hydrogen) atoms. The van der Waals surface area contributed by atoms with Gasteiger partial charge >= 0.3 is 6.18 Å². The Bertz CT molecular complexity index is 732. The predicted octanol–water partition coefficient (Wildman–Crippen LogP) is 3.74. The number of nitrogens with zero attached hydrogens (tertiary/aromatic N) is 1. The van der Waals surface area contributed by atoms with Gasteiger partial charge in [-0.25, -0.2) is 4.98 Å². The number of benzene rings is 1. The summed E-state index contributed by atoms with van der Waals surface area (Å²) < 4.78 is 41.9. The zero-order valence-electron chi connectivity index (χ0n) is 13.1. The largest absolute Gasteiger partial charge is 0.484 e. The van der Waals surface area contributed by atoms with Crippen molar-refractivity contribution in [1.29, 1.82) is 0 Å². The summed E-state index contributed by atoms with van der Waals surface area (Å²) in [5.41, 5.74) is 0.605. The third-order valence-corrected chi connectivity index (χ3v) is 4.54. The lowest BCUT2D eigenvalue weighted by molar-refractivity contribution is -0.153. The van der Waals surface area contributed by atoms with E-state index < -0.39 is 12.8 Å². The van der Waals surface area contributed by atoms with Gasteiger partial charge in [-0.15, -0.1) is 12.4 Å². The van der Waals surface area contributed by atoms with Gasteiger partial charge in [-0.3, -0.25) is 4.79 Å². The maximum absolute atomic E-state index is 12.2. The van der Waals surface area contributed by atoms with E-state index in [4.69, 9.17) is 4.74 Å². The molecule has 1 aromatic heterocycles. The van der Waals surface area contributed by atoms with Crippen LogP contribution in [0.4, 0.5) is 18.3 Å². The van der Waals surface area contributed by atoms with Crippen molar-refractivity contribution in [3.8, 4) is 5.75 Å². The van der Waals surface area contributed by atoms with Crippen molar-refractivity contribution in [1.82, 2.24) is 10.3 Å². The van der Waals surface area contributed by atoms with Crippen LogP contribution in [0.15, 0.2) is 18.2 Å². The minimum Gasteiger partial charge on any atom is -0.484 e. The number of nitrogens with one attached hydrogen (secondary N) is 2. The Balaban J connectivity index is 0.00000225. The summed E-state index contributed by atoms with van der Waals surface area (Å²) >= 11 is 1.21. The number of ether oxygens (including phenoxy) is 1. The van der Waals surface area contributed by atoms with Gasteiger partial charge in [-0.1, -0.05) is 11.3 Å². The van der Waals surface area contributed by atoms with E-state index in [1.54, 1.807) is 6.07 Å². The molecule has 2 aromatic rings. The standard InChI is InChI=1S/C15H16F3N3O2S.ClH/c16-15(17,18)8-23-10-3-4-11-12(7-10)24-14(20-11)21-13(22)6-9-2-1-5-19-9;/h3-4,7,9,19H,1-2,5-6,8H2,(H,20,21,22);1H. The molecule has 5 nitrogen and oxygen atoms in total. The summed E-state index contributed by atoms with van der Waals surface area (Å²) in [4.78, 5) is 16.3. The van der Waals surface area contributed by atoms with Crippen molar-refractivity contribution in [3.63, 3.8) is 0 Å². The minimum atomic E-state index is -4.38. The van der Waals surface area contributed by atoms with Crippen LogP contribution in [0.25, 0.3) is 10.2 Å². The fourth-order valence-corrected chi connectivity index (χ4v) is 3.45. The van der Waals surface area contributed by atoms with Crippen LogP contribution >= 0.6 is 23.7 Å². The summed E-state index contributed by atoms with van der Waals surface area (Å²) in [6.45, 7) is -0.408. The number of hydrogen-bond donors (Lipinski definition) is 2. The van der Waals surface area contributed by atoms with Crippen LogP contribution in [0.5, 0.6) is 5.75 Å². The lowest BCUT2D eigenvalue weighted by atomic mass is 10.1. The van der Waals surface area contributed by atoms with Crippen molar-refractivity contribution in [2.24, 2.45) is 0 Å². The van der Waals surface area contributed by atoms with Crippen LogP contribution in [0, 0.1) is 0 Å². The number of halogens is 4. The van der Waals surface area contributed by atoms with Crippen molar-refractivity contribution in [3.05, 3.63) is 18.2 Å². The average Bonchev–Trinajstić information content (AvgIpc) is 3.12. The Kier molecular flexibility index (Phi) is 6.47. The van der Waals surface area contributed by atoms with Crippen molar-refractivity contribution >= 4 is 45.0 Å². The van der Waals surface area contributed by atoms with E-state index >= 15 is 0 Å². The topological polar surface area (TPSA) is 63.2 Å². The molecular formula is C15H17ClF3N3O2S. The highest BCUT2D eigenvalue weighted by atomic mass is 35.5. The Morgan fingerprint density at radius 3 is 2.92 bits per heavy atom. The van der Waals surface area contributed by atoms with Crippen molar-refractivity contribution in [2.45, 2.75) is 31.5 Å². The number of thiazole rings is 1. The van der Waals surface area contributed by atoms with Gasteiger partial charge in [0.05, 0.1) is 10.2 Å². The van der Waals surface area contributed by atoms with Gasteiger partial charge in [0.25, 0.3) is 0 Å². The summed E-state index contributed by atoms with van der Waals surface area (Å²) in [5, 5.41) is 6.42. The predicted molar refractivity (Wildman–Crippen MR) is 92.7 cm³/mol.